The van der Waals surface area contributed by atoms with Crippen LogP contribution in [0.1, 0.15) is 35.6 Å². The molecule has 29 heavy (non-hydrogen) atoms. The molecule has 0 radical (unpaired) electrons. The van der Waals surface area contributed by atoms with Gasteiger partial charge in [0.15, 0.2) is 6.19 Å². The molecule has 6 heteroatoms. The maximum absolute atomic E-state index is 9.01. The highest BCUT2D eigenvalue weighted by molar-refractivity contribution is 5.81. The van der Waals surface area contributed by atoms with Crippen LogP contribution in [0.3, 0.4) is 0 Å². The maximum Gasteiger partial charge on any atom is 0.204 e. The van der Waals surface area contributed by atoms with Crippen molar-refractivity contribution in [2.45, 2.75) is 25.2 Å². The topological polar surface area (TPSA) is 88.9 Å². The molecule has 0 unspecified atom stereocenters. The Morgan fingerprint density at radius 3 is 2.34 bits per heavy atom. The number of nitriles is 1. The predicted octanol–water partition coefficient (Wildman–Crippen LogP) is 3.58. The average molecular weight is 387 g/mol. The molecule has 0 aliphatic rings. The zero-order valence-electron chi connectivity index (χ0n) is 16.4. The minimum atomic E-state index is 0.286. The Bertz CT molecular complexity index is 858. The Hall–Kier alpha value is -3.59. The zero-order valence-corrected chi connectivity index (χ0v) is 16.4. The van der Waals surface area contributed by atoms with Crippen LogP contribution in [0, 0.1) is 11.5 Å². The standard InChI is InChI=1S/C23H26N6/c24-17-28-23(26-14-7-12-21-16-25-18-29-21)27-15-13-22(19-8-3-1-4-9-19)20-10-5-2-6-11-20/h1-6,8-11,16,18,22H,7,12-15H2,(H,25,29)(H2,26,27,28). The summed E-state index contributed by atoms with van der Waals surface area (Å²) in [5.41, 5.74) is 3.66. The summed E-state index contributed by atoms with van der Waals surface area (Å²) in [5.74, 6) is 0.811. The van der Waals surface area contributed by atoms with E-state index in [0.717, 1.165) is 25.0 Å². The Kier molecular flexibility index (Phi) is 7.85. The van der Waals surface area contributed by atoms with Gasteiger partial charge in [0.05, 0.1) is 6.33 Å². The van der Waals surface area contributed by atoms with Crippen molar-refractivity contribution in [1.82, 2.24) is 20.6 Å². The molecule has 0 saturated heterocycles. The maximum atomic E-state index is 9.01. The van der Waals surface area contributed by atoms with Crippen molar-refractivity contribution in [3.05, 3.63) is 90.0 Å². The number of guanidine groups is 1. The van der Waals surface area contributed by atoms with E-state index in [0.29, 0.717) is 19.0 Å². The average Bonchev–Trinajstić information content (AvgIpc) is 3.29. The van der Waals surface area contributed by atoms with Crippen molar-refractivity contribution < 1.29 is 0 Å². The molecule has 1 heterocycles. The van der Waals surface area contributed by atoms with Crippen molar-refractivity contribution in [1.29, 1.82) is 5.26 Å². The van der Waals surface area contributed by atoms with Gasteiger partial charge in [-0.15, -0.1) is 0 Å². The Morgan fingerprint density at radius 1 is 1.07 bits per heavy atom. The van der Waals surface area contributed by atoms with Gasteiger partial charge in [-0.2, -0.15) is 5.26 Å². The Morgan fingerprint density at radius 2 is 1.76 bits per heavy atom. The van der Waals surface area contributed by atoms with E-state index in [1.165, 1.54) is 11.1 Å². The van der Waals surface area contributed by atoms with Gasteiger partial charge >= 0.3 is 0 Å². The van der Waals surface area contributed by atoms with Gasteiger partial charge in [0.25, 0.3) is 0 Å². The summed E-state index contributed by atoms with van der Waals surface area (Å²) in [6.45, 7) is 1.35. The summed E-state index contributed by atoms with van der Waals surface area (Å²) in [6, 6.07) is 21.0. The zero-order chi connectivity index (χ0) is 20.2. The summed E-state index contributed by atoms with van der Waals surface area (Å²) in [7, 11) is 0. The number of imidazole rings is 1. The number of aryl methyl sites for hydroxylation is 1. The van der Waals surface area contributed by atoms with E-state index in [1.807, 2.05) is 24.5 Å². The number of hydrogen-bond donors (Lipinski definition) is 3. The van der Waals surface area contributed by atoms with Gasteiger partial charge < -0.3 is 10.3 Å². The fourth-order valence-electron chi connectivity index (χ4n) is 3.31. The second kappa shape index (κ2) is 11.3. The molecule has 0 bridgehead atoms. The second-order valence-corrected chi connectivity index (χ2v) is 6.74. The van der Waals surface area contributed by atoms with Crippen LogP contribution >= 0.6 is 0 Å². The molecule has 3 N–H and O–H groups in total. The summed E-state index contributed by atoms with van der Waals surface area (Å²) in [4.78, 5) is 11.6. The molecule has 148 valence electrons. The molecule has 0 amide bonds. The van der Waals surface area contributed by atoms with Crippen LogP contribution in [0.2, 0.25) is 0 Å². The molecule has 2 aromatic carbocycles. The molecule has 1 aromatic heterocycles. The summed E-state index contributed by atoms with van der Waals surface area (Å²) in [6.07, 6.45) is 8.13. The first-order valence-electron chi connectivity index (χ1n) is 9.87. The largest absolute Gasteiger partial charge is 0.356 e. The molecule has 0 aliphatic carbocycles. The number of rotatable bonds is 9. The molecule has 0 atom stereocenters. The number of aliphatic imine (C=N–C) groups is 1. The van der Waals surface area contributed by atoms with Crippen LogP contribution in [0.5, 0.6) is 0 Å². The molecule has 6 nitrogen and oxygen atoms in total. The second-order valence-electron chi connectivity index (χ2n) is 6.74. The third kappa shape index (κ3) is 6.51. The number of aromatic amines is 1. The fraction of sp³-hybridized carbons (Fsp3) is 0.261. The van der Waals surface area contributed by atoms with Crippen molar-refractivity contribution in [2.75, 3.05) is 13.1 Å². The van der Waals surface area contributed by atoms with E-state index >= 15 is 0 Å². The number of H-pyrrole nitrogens is 1. The highest BCUT2D eigenvalue weighted by Gasteiger charge is 2.13. The number of aromatic nitrogens is 2. The van der Waals surface area contributed by atoms with Gasteiger partial charge in [0, 0.05) is 30.9 Å². The number of nitrogens with one attached hydrogen (secondary N) is 3. The van der Waals surface area contributed by atoms with Gasteiger partial charge in [-0.05, 0) is 30.4 Å². The van der Waals surface area contributed by atoms with E-state index in [1.54, 1.807) is 6.33 Å². The summed E-state index contributed by atoms with van der Waals surface area (Å²) >= 11 is 0. The van der Waals surface area contributed by atoms with E-state index in [2.05, 4.69) is 74.1 Å². The molecule has 0 saturated carbocycles. The van der Waals surface area contributed by atoms with Crippen LogP contribution < -0.4 is 10.6 Å². The Labute approximate surface area is 171 Å². The lowest BCUT2D eigenvalue weighted by Gasteiger charge is -2.19. The monoisotopic (exact) mass is 386 g/mol. The lowest BCUT2D eigenvalue weighted by molar-refractivity contribution is 0.683. The normalized spacial score (nSPS) is 11.2. The summed E-state index contributed by atoms with van der Waals surface area (Å²) < 4.78 is 0. The van der Waals surface area contributed by atoms with Crippen LogP contribution in [-0.2, 0) is 6.42 Å². The van der Waals surface area contributed by atoms with E-state index in [4.69, 9.17) is 5.26 Å². The number of benzene rings is 2. The Balaban J connectivity index is 1.56. The summed E-state index contributed by atoms with van der Waals surface area (Å²) in [5, 5.41) is 14.9. The first-order chi connectivity index (χ1) is 14.4. The number of hydrogen-bond acceptors (Lipinski definition) is 3. The van der Waals surface area contributed by atoms with Crippen molar-refractivity contribution in [3.8, 4) is 6.19 Å². The van der Waals surface area contributed by atoms with Gasteiger partial charge in [-0.25, -0.2) is 4.98 Å². The van der Waals surface area contributed by atoms with Crippen LogP contribution in [0.15, 0.2) is 78.2 Å². The van der Waals surface area contributed by atoms with Gasteiger partial charge in [0.1, 0.15) is 0 Å². The van der Waals surface area contributed by atoms with Gasteiger partial charge in [0.2, 0.25) is 5.96 Å². The van der Waals surface area contributed by atoms with Crippen LogP contribution in [0.25, 0.3) is 0 Å². The van der Waals surface area contributed by atoms with Crippen molar-refractivity contribution >= 4 is 5.96 Å². The highest BCUT2D eigenvalue weighted by atomic mass is 15.2. The first kappa shape index (κ1) is 20.2. The molecule has 0 spiro atoms. The molecule has 3 rings (SSSR count). The van der Waals surface area contributed by atoms with Gasteiger partial charge in [-0.1, -0.05) is 60.7 Å². The minimum absolute atomic E-state index is 0.286. The molecular formula is C23H26N6. The van der Waals surface area contributed by atoms with Crippen molar-refractivity contribution in [3.63, 3.8) is 0 Å². The predicted molar refractivity (Wildman–Crippen MR) is 115 cm³/mol. The molecule has 0 aliphatic heterocycles. The highest BCUT2D eigenvalue weighted by Crippen LogP contribution is 2.27. The molecule has 3 aromatic rings. The van der Waals surface area contributed by atoms with Crippen LogP contribution in [-0.4, -0.2) is 29.0 Å². The fourth-order valence-corrected chi connectivity index (χ4v) is 3.31. The van der Waals surface area contributed by atoms with Crippen molar-refractivity contribution in [2.24, 2.45) is 4.99 Å². The number of nitrogens with zero attached hydrogens (tertiary/aromatic N) is 3. The SMILES string of the molecule is N#CNC(=NCCCc1cnc[nH]1)NCCC(c1ccccc1)c1ccccc1. The lowest BCUT2D eigenvalue weighted by atomic mass is 9.88. The lowest BCUT2D eigenvalue weighted by Crippen LogP contribution is -2.35. The molecule has 0 fully saturated rings. The minimum Gasteiger partial charge on any atom is -0.356 e. The van der Waals surface area contributed by atoms with E-state index in [-0.39, 0.29) is 5.92 Å². The quantitative estimate of drug-likeness (QED) is 0.172. The van der Waals surface area contributed by atoms with E-state index in [9.17, 15) is 0 Å². The van der Waals surface area contributed by atoms with Gasteiger partial charge in [-0.3, -0.25) is 10.3 Å². The van der Waals surface area contributed by atoms with Crippen LogP contribution in [0.4, 0.5) is 0 Å². The third-order valence-electron chi connectivity index (χ3n) is 4.73. The third-order valence-corrected chi connectivity index (χ3v) is 4.73. The molecular weight excluding hydrogens is 360 g/mol. The first-order valence-corrected chi connectivity index (χ1v) is 9.87. The smallest absolute Gasteiger partial charge is 0.204 e. The van der Waals surface area contributed by atoms with E-state index < -0.39 is 0 Å².